The van der Waals surface area contributed by atoms with E-state index in [-0.39, 0.29) is 47.0 Å². The number of nitrogens with one attached hydrogen (secondary N) is 1. The van der Waals surface area contributed by atoms with Gasteiger partial charge >= 0.3 is 0 Å². The fraction of sp³-hybridized carbons (Fsp3) is 0.579. The van der Waals surface area contributed by atoms with Crippen LogP contribution < -0.4 is 11.1 Å². The lowest BCUT2D eigenvalue weighted by Gasteiger charge is -2.36. The van der Waals surface area contributed by atoms with Crippen molar-refractivity contribution in [2.75, 3.05) is 26.7 Å². The number of nitrogens with two attached hydrogens (primary N) is 1. The number of piperidine rings is 1. The van der Waals surface area contributed by atoms with Gasteiger partial charge in [-0.25, -0.2) is 4.39 Å². The lowest BCUT2D eigenvalue weighted by atomic mass is 9.84. The van der Waals surface area contributed by atoms with Crippen LogP contribution in [0, 0.1) is 11.7 Å². The van der Waals surface area contributed by atoms with Crippen LogP contribution in [-0.2, 0) is 10.2 Å². The van der Waals surface area contributed by atoms with E-state index in [0.717, 1.165) is 37.5 Å². The normalized spacial score (nSPS) is 18.2. The van der Waals surface area contributed by atoms with Crippen LogP contribution in [0.1, 0.15) is 38.7 Å². The van der Waals surface area contributed by atoms with Gasteiger partial charge in [-0.05, 0) is 36.5 Å². The minimum Gasteiger partial charge on any atom is -0.370 e. The fourth-order valence-electron chi connectivity index (χ4n) is 3.35. The highest BCUT2D eigenvalue weighted by Crippen LogP contribution is 2.23. The van der Waals surface area contributed by atoms with E-state index in [9.17, 15) is 9.18 Å². The van der Waals surface area contributed by atoms with Crippen LogP contribution in [-0.4, -0.2) is 43.4 Å². The summed E-state index contributed by atoms with van der Waals surface area (Å²) in [4.78, 5) is 17.7. The van der Waals surface area contributed by atoms with Gasteiger partial charge in [-0.1, -0.05) is 26.0 Å². The Hall–Kier alpha value is -1.38. The molecule has 0 aromatic heterocycles. The van der Waals surface area contributed by atoms with Crippen molar-refractivity contribution in [3.05, 3.63) is 35.6 Å². The van der Waals surface area contributed by atoms with Crippen molar-refractivity contribution in [2.24, 2.45) is 16.6 Å². The second-order valence-electron chi connectivity index (χ2n) is 7.42. The summed E-state index contributed by atoms with van der Waals surface area (Å²) in [6, 6.07) is 6.71. The number of hydrogen-bond donors (Lipinski definition) is 2. The molecule has 1 saturated heterocycles. The number of nitrogens with zero attached hydrogens (tertiary/aromatic N) is 2. The first kappa shape index (κ1) is 22.7. The summed E-state index contributed by atoms with van der Waals surface area (Å²) in [7, 11) is 1.76. The molecule has 0 radical (unpaired) electrons. The zero-order valence-electron chi connectivity index (χ0n) is 15.8. The molecule has 5 nitrogen and oxygen atoms in total. The SMILES string of the molecule is CN=C(NCC(C)(C)c1cccc(F)c1)N1CCCC(CC(N)=O)C1.I. The highest BCUT2D eigenvalue weighted by molar-refractivity contribution is 14.0. The number of amides is 1. The van der Waals surface area contributed by atoms with Gasteiger partial charge in [0.25, 0.3) is 0 Å². The number of rotatable bonds is 5. The fourth-order valence-corrected chi connectivity index (χ4v) is 3.35. The van der Waals surface area contributed by atoms with E-state index >= 15 is 0 Å². The largest absolute Gasteiger partial charge is 0.370 e. The number of hydrogen-bond acceptors (Lipinski definition) is 2. The second kappa shape index (κ2) is 10.1. The number of halogens is 2. The Morgan fingerprint density at radius 3 is 2.81 bits per heavy atom. The second-order valence-corrected chi connectivity index (χ2v) is 7.42. The molecule has 1 aliphatic heterocycles. The van der Waals surface area contributed by atoms with Gasteiger partial charge in [0.05, 0.1) is 0 Å². The number of aliphatic imine (C=N–C) groups is 1. The number of primary amides is 1. The van der Waals surface area contributed by atoms with E-state index in [1.807, 2.05) is 6.07 Å². The van der Waals surface area contributed by atoms with Gasteiger partial charge in [0, 0.05) is 38.5 Å². The first-order chi connectivity index (χ1) is 11.8. The maximum absolute atomic E-state index is 13.5. The van der Waals surface area contributed by atoms with E-state index in [4.69, 9.17) is 5.73 Å². The van der Waals surface area contributed by atoms with Crippen molar-refractivity contribution >= 4 is 35.8 Å². The lowest BCUT2D eigenvalue weighted by molar-refractivity contribution is -0.119. The molecule has 0 bridgehead atoms. The quantitative estimate of drug-likeness (QED) is 0.390. The van der Waals surface area contributed by atoms with Gasteiger partial charge in [-0.15, -0.1) is 24.0 Å². The van der Waals surface area contributed by atoms with Gasteiger partial charge in [-0.2, -0.15) is 0 Å². The molecule has 1 unspecified atom stereocenters. The third-order valence-electron chi connectivity index (χ3n) is 4.81. The molecular formula is C19H30FIN4O. The Morgan fingerprint density at radius 1 is 1.46 bits per heavy atom. The molecule has 0 saturated carbocycles. The molecular weight excluding hydrogens is 446 g/mol. The molecule has 7 heteroatoms. The van der Waals surface area contributed by atoms with Crippen LogP contribution in [0.5, 0.6) is 0 Å². The van der Waals surface area contributed by atoms with Gasteiger partial charge in [0.1, 0.15) is 5.82 Å². The van der Waals surface area contributed by atoms with Crippen LogP contribution in [0.15, 0.2) is 29.3 Å². The van der Waals surface area contributed by atoms with Gasteiger partial charge in [0.2, 0.25) is 5.91 Å². The smallest absolute Gasteiger partial charge is 0.217 e. The number of guanidine groups is 1. The predicted octanol–water partition coefficient (Wildman–Crippen LogP) is 2.88. The summed E-state index contributed by atoms with van der Waals surface area (Å²) in [5, 5.41) is 3.41. The van der Waals surface area contributed by atoms with Crippen LogP contribution >= 0.6 is 24.0 Å². The molecule has 0 aliphatic carbocycles. The molecule has 146 valence electrons. The minimum absolute atomic E-state index is 0. The van der Waals surface area contributed by atoms with E-state index in [1.165, 1.54) is 6.07 Å². The van der Waals surface area contributed by atoms with Gasteiger partial charge in [0.15, 0.2) is 5.96 Å². The molecule has 2 rings (SSSR count). The maximum atomic E-state index is 13.5. The summed E-state index contributed by atoms with van der Waals surface area (Å²) < 4.78 is 13.5. The van der Waals surface area contributed by atoms with E-state index in [1.54, 1.807) is 19.2 Å². The molecule has 1 aromatic carbocycles. The van der Waals surface area contributed by atoms with Crippen molar-refractivity contribution in [1.29, 1.82) is 0 Å². The maximum Gasteiger partial charge on any atom is 0.217 e. The Morgan fingerprint density at radius 2 is 2.19 bits per heavy atom. The average Bonchev–Trinajstić information content (AvgIpc) is 2.55. The average molecular weight is 476 g/mol. The number of likely N-dealkylation sites (tertiary alicyclic amines) is 1. The summed E-state index contributed by atoms with van der Waals surface area (Å²) in [5.41, 5.74) is 6.05. The van der Waals surface area contributed by atoms with Crippen LogP contribution in [0.3, 0.4) is 0 Å². The molecule has 0 spiro atoms. The number of benzene rings is 1. The van der Waals surface area contributed by atoms with Crippen molar-refractivity contribution in [3.8, 4) is 0 Å². The Balaban J connectivity index is 0.00000338. The number of carbonyl (C=O) groups excluding carboxylic acids is 1. The van der Waals surface area contributed by atoms with Crippen LogP contribution in [0.25, 0.3) is 0 Å². The van der Waals surface area contributed by atoms with E-state index in [2.05, 4.69) is 29.1 Å². The predicted molar refractivity (Wildman–Crippen MR) is 114 cm³/mol. The Kier molecular flexibility index (Phi) is 8.79. The first-order valence-electron chi connectivity index (χ1n) is 8.82. The van der Waals surface area contributed by atoms with Crippen molar-refractivity contribution in [3.63, 3.8) is 0 Å². The highest BCUT2D eigenvalue weighted by atomic mass is 127. The van der Waals surface area contributed by atoms with E-state index < -0.39 is 0 Å². The van der Waals surface area contributed by atoms with Crippen molar-refractivity contribution in [1.82, 2.24) is 10.2 Å². The van der Waals surface area contributed by atoms with Gasteiger partial charge in [-0.3, -0.25) is 9.79 Å². The molecule has 1 atom stereocenters. The Bertz CT molecular complexity index is 636. The van der Waals surface area contributed by atoms with Crippen molar-refractivity contribution < 1.29 is 9.18 Å². The molecule has 1 aromatic rings. The lowest BCUT2D eigenvalue weighted by Crippen LogP contribution is -2.49. The summed E-state index contributed by atoms with van der Waals surface area (Å²) >= 11 is 0. The first-order valence-corrected chi connectivity index (χ1v) is 8.82. The summed E-state index contributed by atoms with van der Waals surface area (Å²) in [5.74, 6) is 0.627. The third-order valence-corrected chi connectivity index (χ3v) is 4.81. The molecule has 26 heavy (non-hydrogen) atoms. The van der Waals surface area contributed by atoms with E-state index in [0.29, 0.717) is 13.0 Å². The monoisotopic (exact) mass is 476 g/mol. The molecule has 3 N–H and O–H groups in total. The molecule has 1 amide bonds. The van der Waals surface area contributed by atoms with Crippen LogP contribution in [0.4, 0.5) is 4.39 Å². The van der Waals surface area contributed by atoms with Crippen molar-refractivity contribution in [2.45, 2.75) is 38.5 Å². The highest BCUT2D eigenvalue weighted by Gasteiger charge is 2.26. The van der Waals surface area contributed by atoms with Crippen LogP contribution in [0.2, 0.25) is 0 Å². The summed E-state index contributed by atoms with van der Waals surface area (Å²) in [6.45, 7) is 6.49. The zero-order chi connectivity index (χ0) is 18.4. The van der Waals surface area contributed by atoms with Gasteiger partial charge < -0.3 is 16.0 Å². The minimum atomic E-state index is -0.248. The summed E-state index contributed by atoms with van der Waals surface area (Å²) in [6.07, 6.45) is 2.46. The molecule has 1 heterocycles. The number of carbonyl (C=O) groups is 1. The standard InChI is InChI=1S/C19H29FN4O.HI/c1-19(2,15-7-4-8-16(20)11-15)13-23-18(22-3)24-9-5-6-14(12-24)10-17(21)25;/h4,7-8,11,14H,5-6,9-10,12-13H2,1-3H3,(H2,21,25)(H,22,23);1H. The Labute approximate surface area is 172 Å². The molecule has 1 fully saturated rings. The topological polar surface area (TPSA) is 70.7 Å². The third kappa shape index (κ3) is 6.41. The zero-order valence-corrected chi connectivity index (χ0v) is 18.1. The molecule has 1 aliphatic rings.